The SMILES string of the molecule is COc1ccc(C(N)c2cc(F)cc(Br)c2)c(OC)c1Br. The number of methoxy groups -OCH3 is 2. The summed E-state index contributed by atoms with van der Waals surface area (Å²) in [6.07, 6.45) is 0. The van der Waals surface area contributed by atoms with Gasteiger partial charge in [-0.05, 0) is 51.8 Å². The molecule has 0 saturated carbocycles. The van der Waals surface area contributed by atoms with E-state index < -0.39 is 6.04 Å². The van der Waals surface area contributed by atoms with E-state index in [-0.39, 0.29) is 5.82 Å². The van der Waals surface area contributed by atoms with Crippen LogP contribution >= 0.6 is 31.9 Å². The van der Waals surface area contributed by atoms with Gasteiger partial charge in [-0.15, -0.1) is 0 Å². The summed E-state index contributed by atoms with van der Waals surface area (Å²) in [7, 11) is 3.13. The van der Waals surface area contributed by atoms with Crippen LogP contribution in [0.3, 0.4) is 0 Å². The lowest BCUT2D eigenvalue weighted by Crippen LogP contribution is -2.14. The van der Waals surface area contributed by atoms with Crippen molar-refractivity contribution < 1.29 is 13.9 Å². The van der Waals surface area contributed by atoms with Crippen LogP contribution in [0.25, 0.3) is 0 Å². The lowest BCUT2D eigenvalue weighted by Gasteiger charge is -2.19. The first kappa shape index (κ1) is 16.3. The highest BCUT2D eigenvalue weighted by atomic mass is 79.9. The highest BCUT2D eigenvalue weighted by Gasteiger charge is 2.19. The summed E-state index contributed by atoms with van der Waals surface area (Å²) in [5.41, 5.74) is 7.65. The molecule has 0 aromatic heterocycles. The van der Waals surface area contributed by atoms with Crippen molar-refractivity contribution in [2.75, 3.05) is 14.2 Å². The number of rotatable bonds is 4. The minimum Gasteiger partial charge on any atom is -0.495 e. The van der Waals surface area contributed by atoms with Crippen molar-refractivity contribution in [3.05, 3.63) is 56.2 Å². The van der Waals surface area contributed by atoms with E-state index in [0.717, 1.165) is 5.56 Å². The summed E-state index contributed by atoms with van der Waals surface area (Å²) >= 11 is 6.70. The summed E-state index contributed by atoms with van der Waals surface area (Å²) in [4.78, 5) is 0. The van der Waals surface area contributed by atoms with E-state index in [4.69, 9.17) is 15.2 Å². The van der Waals surface area contributed by atoms with Crippen LogP contribution in [0.2, 0.25) is 0 Å². The van der Waals surface area contributed by atoms with Crippen LogP contribution in [0.4, 0.5) is 4.39 Å². The van der Waals surface area contributed by atoms with Gasteiger partial charge < -0.3 is 15.2 Å². The van der Waals surface area contributed by atoms with Crippen LogP contribution < -0.4 is 15.2 Å². The molecule has 0 heterocycles. The predicted molar refractivity (Wildman–Crippen MR) is 87.4 cm³/mol. The number of benzene rings is 2. The molecule has 112 valence electrons. The van der Waals surface area contributed by atoms with Gasteiger partial charge in [-0.3, -0.25) is 0 Å². The molecule has 0 radical (unpaired) electrons. The van der Waals surface area contributed by atoms with Crippen molar-refractivity contribution in [2.45, 2.75) is 6.04 Å². The number of halogens is 3. The predicted octanol–water partition coefficient (Wildman–Crippen LogP) is 4.42. The minimum absolute atomic E-state index is 0.346. The molecule has 0 aliphatic heterocycles. The molecule has 2 aromatic carbocycles. The van der Waals surface area contributed by atoms with Crippen LogP contribution in [0.1, 0.15) is 17.2 Å². The number of hydrogen-bond donors (Lipinski definition) is 1. The largest absolute Gasteiger partial charge is 0.495 e. The summed E-state index contributed by atoms with van der Waals surface area (Å²) in [6, 6.07) is 7.66. The minimum atomic E-state index is -0.519. The summed E-state index contributed by atoms with van der Waals surface area (Å²) in [6.45, 7) is 0. The Bertz CT molecular complexity index is 644. The molecule has 0 spiro atoms. The Kier molecular flexibility index (Phi) is 5.24. The van der Waals surface area contributed by atoms with E-state index >= 15 is 0 Å². The van der Waals surface area contributed by atoms with Crippen molar-refractivity contribution in [1.29, 1.82) is 0 Å². The van der Waals surface area contributed by atoms with Crippen molar-refractivity contribution in [3.8, 4) is 11.5 Å². The third kappa shape index (κ3) is 3.39. The van der Waals surface area contributed by atoms with Gasteiger partial charge in [0.05, 0.1) is 20.3 Å². The highest BCUT2D eigenvalue weighted by molar-refractivity contribution is 9.11. The van der Waals surface area contributed by atoms with Crippen LogP contribution in [0.5, 0.6) is 11.5 Å². The van der Waals surface area contributed by atoms with Gasteiger partial charge >= 0.3 is 0 Å². The smallest absolute Gasteiger partial charge is 0.141 e. The number of nitrogens with two attached hydrogens (primary N) is 1. The standard InChI is InChI=1S/C15H14Br2FNO2/c1-20-12-4-3-11(15(21-2)13(12)17)14(19)8-5-9(16)7-10(18)6-8/h3-7,14H,19H2,1-2H3. The maximum Gasteiger partial charge on any atom is 0.141 e. The molecule has 1 atom stereocenters. The van der Waals surface area contributed by atoms with Crippen molar-refractivity contribution >= 4 is 31.9 Å². The third-order valence-corrected chi connectivity index (χ3v) is 4.30. The Balaban J connectivity index is 2.52. The maximum atomic E-state index is 13.5. The molecule has 0 fully saturated rings. The summed E-state index contributed by atoms with van der Waals surface area (Å²) in [5.74, 6) is 0.867. The molecule has 1 unspecified atom stereocenters. The average molecular weight is 419 g/mol. The van der Waals surface area contributed by atoms with Crippen LogP contribution in [0, 0.1) is 5.82 Å². The fourth-order valence-electron chi connectivity index (χ4n) is 2.10. The Morgan fingerprint density at radius 2 is 1.81 bits per heavy atom. The quantitative estimate of drug-likeness (QED) is 0.799. The topological polar surface area (TPSA) is 44.5 Å². The molecule has 0 amide bonds. The van der Waals surface area contributed by atoms with Gasteiger partial charge in [0, 0.05) is 10.0 Å². The van der Waals surface area contributed by atoms with E-state index in [2.05, 4.69) is 31.9 Å². The average Bonchev–Trinajstić information content (AvgIpc) is 2.45. The van der Waals surface area contributed by atoms with Gasteiger partial charge in [-0.2, -0.15) is 0 Å². The van der Waals surface area contributed by atoms with Crippen LogP contribution in [-0.4, -0.2) is 14.2 Å². The van der Waals surface area contributed by atoms with Crippen LogP contribution in [-0.2, 0) is 0 Å². The number of ether oxygens (including phenoxy) is 2. The zero-order valence-electron chi connectivity index (χ0n) is 11.5. The summed E-state index contributed by atoms with van der Waals surface area (Å²) in [5, 5.41) is 0. The van der Waals surface area contributed by atoms with Crippen molar-refractivity contribution in [1.82, 2.24) is 0 Å². The molecule has 2 aromatic rings. The zero-order valence-corrected chi connectivity index (χ0v) is 14.7. The lowest BCUT2D eigenvalue weighted by molar-refractivity contribution is 0.385. The molecule has 3 nitrogen and oxygen atoms in total. The second-order valence-corrected chi connectivity index (χ2v) is 6.09. The first-order valence-corrected chi connectivity index (χ1v) is 7.68. The fraction of sp³-hybridized carbons (Fsp3) is 0.200. The Hall–Kier alpha value is -1.11. The molecule has 2 rings (SSSR count). The second kappa shape index (κ2) is 6.77. The van der Waals surface area contributed by atoms with Gasteiger partial charge in [0.15, 0.2) is 0 Å². The van der Waals surface area contributed by atoms with Gasteiger partial charge in [-0.25, -0.2) is 4.39 Å². The molecule has 21 heavy (non-hydrogen) atoms. The van der Waals surface area contributed by atoms with E-state index in [1.165, 1.54) is 12.1 Å². The molecule has 0 aliphatic rings. The van der Waals surface area contributed by atoms with Crippen LogP contribution in [0.15, 0.2) is 39.3 Å². The Morgan fingerprint density at radius 1 is 1.10 bits per heavy atom. The first-order valence-electron chi connectivity index (χ1n) is 6.10. The second-order valence-electron chi connectivity index (χ2n) is 4.38. The molecule has 2 N–H and O–H groups in total. The maximum absolute atomic E-state index is 13.5. The molecular weight excluding hydrogens is 405 g/mol. The zero-order chi connectivity index (χ0) is 15.6. The molecule has 0 aliphatic carbocycles. The molecule has 6 heteroatoms. The van der Waals surface area contributed by atoms with Crippen molar-refractivity contribution in [2.24, 2.45) is 5.73 Å². The van der Waals surface area contributed by atoms with Gasteiger partial charge in [0.25, 0.3) is 0 Å². The van der Waals surface area contributed by atoms with E-state index in [0.29, 0.717) is 26.0 Å². The first-order chi connectivity index (χ1) is 9.97. The molecule has 0 bridgehead atoms. The van der Waals surface area contributed by atoms with E-state index in [1.807, 2.05) is 6.07 Å². The van der Waals surface area contributed by atoms with Crippen molar-refractivity contribution in [3.63, 3.8) is 0 Å². The Morgan fingerprint density at radius 3 is 2.38 bits per heavy atom. The van der Waals surface area contributed by atoms with E-state index in [9.17, 15) is 4.39 Å². The van der Waals surface area contributed by atoms with Gasteiger partial charge in [0.1, 0.15) is 21.8 Å². The Labute approximate surface area is 139 Å². The third-order valence-electron chi connectivity index (χ3n) is 3.10. The fourth-order valence-corrected chi connectivity index (χ4v) is 3.27. The normalized spacial score (nSPS) is 12.1. The number of hydrogen-bond acceptors (Lipinski definition) is 3. The molecular formula is C15H14Br2FNO2. The summed E-state index contributed by atoms with van der Waals surface area (Å²) < 4.78 is 25.5. The van der Waals surface area contributed by atoms with E-state index in [1.54, 1.807) is 26.4 Å². The lowest BCUT2D eigenvalue weighted by atomic mass is 9.98. The monoisotopic (exact) mass is 417 g/mol. The van der Waals surface area contributed by atoms with Gasteiger partial charge in [-0.1, -0.05) is 15.9 Å². The van der Waals surface area contributed by atoms with Gasteiger partial charge in [0.2, 0.25) is 0 Å². The molecule has 0 saturated heterocycles. The highest BCUT2D eigenvalue weighted by Crippen LogP contribution is 2.40.